The highest BCUT2D eigenvalue weighted by Crippen LogP contribution is 2.29. The molecule has 0 fully saturated rings. The van der Waals surface area contributed by atoms with Gasteiger partial charge in [-0.25, -0.2) is 8.78 Å². The molecule has 0 amide bonds. The van der Waals surface area contributed by atoms with Gasteiger partial charge in [0.15, 0.2) is 0 Å². The molecule has 0 saturated carbocycles. The van der Waals surface area contributed by atoms with Crippen LogP contribution in [0.1, 0.15) is 23.2 Å². The third-order valence-corrected chi connectivity index (χ3v) is 4.36. The Morgan fingerprint density at radius 1 is 0.750 bits per heavy atom. The van der Waals surface area contributed by atoms with E-state index in [0.29, 0.717) is 11.1 Å². The molecule has 2 rings (SSSR count). The molecule has 2 aromatic rings. The van der Waals surface area contributed by atoms with Gasteiger partial charge in [0.1, 0.15) is 11.6 Å². The van der Waals surface area contributed by atoms with Gasteiger partial charge in [0.25, 0.3) is 0 Å². The smallest absolute Gasteiger partial charge is 0.128 e. The quantitative estimate of drug-likeness (QED) is 0.630. The van der Waals surface area contributed by atoms with Crippen molar-refractivity contribution in [2.45, 2.75) is 12.1 Å². The molecule has 0 aliphatic carbocycles. The summed E-state index contributed by atoms with van der Waals surface area (Å²) in [6, 6.07) is 7.62. The Labute approximate surface area is 143 Å². The lowest BCUT2D eigenvalue weighted by atomic mass is 9.94. The molecule has 4 N–H and O–H groups in total. The fourth-order valence-electron chi connectivity index (χ4n) is 1.93. The zero-order valence-corrected chi connectivity index (χ0v) is 14.6. The van der Waals surface area contributed by atoms with E-state index >= 15 is 0 Å². The second-order valence-corrected chi connectivity index (χ2v) is 6.87. The summed E-state index contributed by atoms with van der Waals surface area (Å²) in [4.78, 5) is 0. The number of hydrogen-bond acceptors (Lipinski definition) is 2. The summed E-state index contributed by atoms with van der Waals surface area (Å²) in [7, 11) is 0. The van der Waals surface area contributed by atoms with Gasteiger partial charge in [-0.05, 0) is 81.6 Å². The van der Waals surface area contributed by atoms with Crippen molar-refractivity contribution in [1.29, 1.82) is 0 Å². The van der Waals surface area contributed by atoms with Gasteiger partial charge >= 0.3 is 0 Å². The van der Waals surface area contributed by atoms with Crippen LogP contribution in [0.25, 0.3) is 0 Å². The van der Waals surface area contributed by atoms with Crippen molar-refractivity contribution in [2.75, 3.05) is 0 Å². The lowest BCUT2D eigenvalue weighted by molar-refractivity contribution is 0.502. The van der Waals surface area contributed by atoms with Crippen molar-refractivity contribution >= 4 is 45.2 Å². The standard InChI is InChI=1S/C14H12F2I2N2/c15-11-3-1-7(17)5-9(11)13(19)14(20)10-6-8(18)2-4-12(10)16/h1-6,13-14H,19-20H2. The number of nitrogens with two attached hydrogens (primary N) is 2. The number of rotatable bonds is 3. The van der Waals surface area contributed by atoms with Crippen molar-refractivity contribution in [3.63, 3.8) is 0 Å². The molecule has 2 unspecified atom stereocenters. The first kappa shape index (κ1) is 16.1. The van der Waals surface area contributed by atoms with Crippen molar-refractivity contribution in [1.82, 2.24) is 0 Å². The van der Waals surface area contributed by atoms with Crippen LogP contribution in [0.3, 0.4) is 0 Å². The Morgan fingerprint density at radius 2 is 1.10 bits per heavy atom. The molecule has 0 heterocycles. The SMILES string of the molecule is NC(c1cc(I)ccc1F)C(N)c1cc(I)ccc1F. The van der Waals surface area contributed by atoms with E-state index in [0.717, 1.165) is 7.14 Å². The van der Waals surface area contributed by atoms with Crippen LogP contribution in [-0.2, 0) is 0 Å². The first-order chi connectivity index (χ1) is 9.40. The lowest BCUT2D eigenvalue weighted by Crippen LogP contribution is -2.28. The first-order valence-corrected chi connectivity index (χ1v) is 7.97. The fraction of sp³-hybridized carbons (Fsp3) is 0.143. The molecule has 0 aliphatic rings. The number of benzene rings is 2. The normalized spacial score (nSPS) is 14.1. The topological polar surface area (TPSA) is 52.0 Å². The van der Waals surface area contributed by atoms with Gasteiger partial charge in [-0.15, -0.1) is 0 Å². The first-order valence-electron chi connectivity index (χ1n) is 5.81. The molecule has 20 heavy (non-hydrogen) atoms. The molecule has 0 bridgehead atoms. The minimum absolute atomic E-state index is 0.294. The van der Waals surface area contributed by atoms with Crippen LogP contribution >= 0.6 is 45.2 Å². The maximum Gasteiger partial charge on any atom is 0.128 e. The Kier molecular flexibility index (Phi) is 5.32. The van der Waals surface area contributed by atoms with Crippen LogP contribution < -0.4 is 11.5 Å². The van der Waals surface area contributed by atoms with E-state index in [9.17, 15) is 8.78 Å². The van der Waals surface area contributed by atoms with Crippen LogP contribution in [0.15, 0.2) is 36.4 Å². The molecule has 0 aliphatic heterocycles. The molecule has 0 aromatic heterocycles. The van der Waals surface area contributed by atoms with Crippen molar-refractivity contribution < 1.29 is 8.78 Å². The van der Waals surface area contributed by atoms with E-state index in [1.807, 2.05) is 0 Å². The van der Waals surface area contributed by atoms with E-state index in [4.69, 9.17) is 11.5 Å². The van der Waals surface area contributed by atoms with Gasteiger partial charge in [0.2, 0.25) is 0 Å². The highest BCUT2D eigenvalue weighted by atomic mass is 127. The third-order valence-electron chi connectivity index (χ3n) is 3.02. The summed E-state index contributed by atoms with van der Waals surface area (Å²) < 4.78 is 29.4. The Balaban J connectivity index is 2.39. The Bertz CT molecular complexity index is 579. The van der Waals surface area contributed by atoms with Crippen molar-refractivity contribution in [2.24, 2.45) is 11.5 Å². The molecular weight excluding hydrogens is 488 g/mol. The highest BCUT2D eigenvalue weighted by Gasteiger charge is 2.23. The monoisotopic (exact) mass is 500 g/mol. The number of halogens is 4. The van der Waals surface area contributed by atoms with Gasteiger partial charge in [0.05, 0.1) is 12.1 Å². The molecular formula is C14H12F2I2N2. The average molecular weight is 500 g/mol. The minimum Gasteiger partial charge on any atom is -0.322 e. The van der Waals surface area contributed by atoms with Gasteiger partial charge in [-0.2, -0.15) is 0 Å². The summed E-state index contributed by atoms with van der Waals surface area (Å²) in [5.41, 5.74) is 12.6. The molecule has 6 heteroatoms. The van der Waals surface area contributed by atoms with Gasteiger partial charge in [-0.3, -0.25) is 0 Å². The van der Waals surface area contributed by atoms with Crippen LogP contribution in [0, 0.1) is 18.8 Å². The van der Waals surface area contributed by atoms with Crippen LogP contribution in [0.4, 0.5) is 8.78 Å². The maximum absolute atomic E-state index is 13.8. The van der Waals surface area contributed by atoms with E-state index in [2.05, 4.69) is 45.2 Å². The molecule has 0 radical (unpaired) electrons. The average Bonchev–Trinajstić information content (AvgIpc) is 2.42. The summed E-state index contributed by atoms with van der Waals surface area (Å²) >= 11 is 4.13. The van der Waals surface area contributed by atoms with Gasteiger partial charge in [0, 0.05) is 18.3 Å². The molecule has 2 aromatic carbocycles. The summed E-state index contributed by atoms with van der Waals surface area (Å²) in [5, 5.41) is 0. The van der Waals surface area contributed by atoms with E-state index < -0.39 is 23.7 Å². The van der Waals surface area contributed by atoms with Crippen LogP contribution in [-0.4, -0.2) is 0 Å². The minimum atomic E-state index is -0.808. The number of hydrogen-bond donors (Lipinski definition) is 2. The van der Waals surface area contributed by atoms with Gasteiger partial charge < -0.3 is 11.5 Å². The Morgan fingerprint density at radius 3 is 1.45 bits per heavy atom. The lowest BCUT2D eigenvalue weighted by Gasteiger charge is -2.22. The molecule has 106 valence electrons. The molecule has 0 saturated heterocycles. The van der Waals surface area contributed by atoms with E-state index in [1.165, 1.54) is 12.1 Å². The summed E-state index contributed by atoms with van der Waals surface area (Å²) in [6.45, 7) is 0. The predicted octanol–water partition coefficient (Wildman–Crippen LogP) is 3.87. The van der Waals surface area contributed by atoms with Gasteiger partial charge in [-0.1, -0.05) is 0 Å². The summed E-state index contributed by atoms with van der Waals surface area (Å²) in [5.74, 6) is -0.862. The van der Waals surface area contributed by atoms with Crippen molar-refractivity contribution in [3.8, 4) is 0 Å². The van der Waals surface area contributed by atoms with E-state index in [-0.39, 0.29) is 0 Å². The van der Waals surface area contributed by atoms with Crippen molar-refractivity contribution in [3.05, 3.63) is 66.3 Å². The zero-order valence-electron chi connectivity index (χ0n) is 10.3. The fourth-order valence-corrected chi connectivity index (χ4v) is 2.96. The second-order valence-electron chi connectivity index (χ2n) is 4.38. The molecule has 2 nitrogen and oxygen atoms in total. The highest BCUT2D eigenvalue weighted by molar-refractivity contribution is 14.1. The zero-order chi connectivity index (χ0) is 14.9. The molecule has 2 atom stereocenters. The maximum atomic E-state index is 13.8. The predicted molar refractivity (Wildman–Crippen MR) is 92.1 cm³/mol. The second kappa shape index (κ2) is 6.63. The van der Waals surface area contributed by atoms with E-state index in [1.54, 1.807) is 24.3 Å². The third kappa shape index (κ3) is 3.46. The molecule has 0 spiro atoms. The Hall–Kier alpha value is -0.320. The largest absolute Gasteiger partial charge is 0.322 e. The summed E-state index contributed by atoms with van der Waals surface area (Å²) in [6.07, 6.45) is 0. The van der Waals surface area contributed by atoms with Crippen LogP contribution in [0.5, 0.6) is 0 Å². The van der Waals surface area contributed by atoms with Crippen LogP contribution in [0.2, 0.25) is 0 Å².